The first-order valence-corrected chi connectivity index (χ1v) is 6.92. The zero-order valence-corrected chi connectivity index (χ0v) is 11.1. The molecule has 0 saturated heterocycles. The zero-order chi connectivity index (χ0) is 13.5. The lowest BCUT2D eigenvalue weighted by atomic mass is 10.1. The van der Waals surface area contributed by atoms with Crippen molar-refractivity contribution in [3.8, 4) is 11.5 Å². The van der Waals surface area contributed by atoms with E-state index in [0.717, 1.165) is 28.1 Å². The van der Waals surface area contributed by atoms with Crippen molar-refractivity contribution in [1.29, 1.82) is 0 Å². The lowest BCUT2D eigenvalue weighted by Gasteiger charge is -2.24. The standard InChI is InChI=1S/C15H16N2O3/c18-6-5-17(11-1-2-11)15-12-8-14-13(19-9-20-14)7-10(12)3-4-16-15/h3-4,7-8,11,18H,1-2,5-6,9H2. The maximum atomic E-state index is 9.29. The maximum absolute atomic E-state index is 9.29. The van der Waals surface area contributed by atoms with Crippen LogP contribution in [0.3, 0.4) is 0 Å². The number of hydrogen-bond donors (Lipinski definition) is 1. The van der Waals surface area contributed by atoms with Crippen molar-refractivity contribution in [2.24, 2.45) is 0 Å². The number of nitrogens with zero attached hydrogens (tertiary/aromatic N) is 2. The molecule has 1 fully saturated rings. The smallest absolute Gasteiger partial charge is 0.231 e. The van der Waals surface area contributed by atoms with E-state index in [-0.39, 0.29) is 13.4 Å². The van der Waals surface area contributed by atoms with Gasteiger partial charge in [0.2, 0.25) is 6.79 Å². The maximum Gasteiger partial charge on any atom is 0.231 e. The highest BCUT2D eigenvalue weighted by Crippen LogP contribution is 2.40. The SMILES string of the molecule is OCCN(c1nccc2cc3c(cc12)OCO3)C1CC1. The molecule has 20 heavy (non-hydrogen) atoms. The van der Waals surface area contributed by atoms with Gasteiger partial charge in [-0.2, -0.15) is 0 Å². The lowest BCUT2D eigenvalue weighted by Crippen LogP contribution is -2.29. The Hall–Kier alpha value is -2.01. The van der Waals surface area contributed by atoms with Gasteiger partial charge in [0.1, 0.15) is 5.82 Å². The molecule has 2 aromatic rings. The second kappa shape index (κ2) is 4.52. The van der Waals surface area contributed by atoms with Gasteiger partial charge in [-0.3, -0.25) is 0 Å². The first-order chi connectivity index (χ1) is 9.86. The summed E-state index contributed by atoms with van der Waals surface area (Å²) in [5, 5.41) is 11.4. The molecule has 0 bridgehead atoms. The molecule has 1 aliphatic heterocycles. The summed E-state index contributed by atoms with van der Waals surface area (Å²) in [5.41, 5.74) is 0. The largest absolute Gasteiger partial charge is 0.454 e. The molecule has 0 spiro atoms. The molecule has 1 aromatic heterocycles. The monoisotopic (exact) mass is 272 g/mol. The number of hydrogen-bond acceptors (Lipinski definition) is 5. The third-order valence-electron chi connectivity index (χ3n) is 3.84. The van der Waals surface area contributed by atoms with Crippen LogP contribution in [0.1, 0.15) is 12.8 Å². The molecule has 0 unspecified atom stereocenters. The second-order valence-corrected chi connectivity index (χ2v) is 5.21. The number of aliphatic hydroxyl groups is 1. The van der Waals surface area contributed by atoms with Crippen LogP contribution in [0.5, 0.6) is 11.5 Å². The Morgan fingerprint density at radius 2 is 2.05 bits per heavy atom. The number of anilines is 1. The van der Waals surface area contributed by atoms with Gasteiger partial charge in [0.25, 0.3) is 0 Å². The molecule has 5 heteroatoms. The van der Waals surface area contributed by atoms with Crippen molar-refractivity contribution in [2.45, 2.75) is 18.9 Å². The topological polar surface area (TPSA) is 54.8 Å². The van der Waals surface area contributed by atoms with Crippen LogP contribution in [0.4, 0.5) is 5.82 Å². The zero-order valence-electron chi connectivity index (χ0n) is 11.1. The third kappa shape index (κ3) is 1.86. The highest BCUT2D eigenvalue weighted by Gasteiger charge is 2.31. The van der Waals surface area contributed by atoms with Gasteiger partial charge in [-0.1, -0.05) is 0 Å². The minimum absolute atomic E-state index is 0.138. The minimum Gasteiger partial charge on any atom is -0.454 e. The van der Waals surface area contributed by atoms with Gasteiger partial charge in [0, 0.05) is 24.2 Å². The Balaban J connectivity index is 1.85. The van der Waals surface area contributed by atoms with Crippen LogP contribution in [-0.2, 0) is 0 Å². The summed E-state index contributed by atoms with van der Waals surface area (Å²) in [5.74, 6) is 2.48. The average Bonchev–Trinajstić information content (AvgIpc) is 3.20. The minimum atomic E-state index is 0.138. The number of fused-ring (bicyclic) bond motifs is 2. The molecule has 5 nitrogen and oxygen atoms in total. The first kappa shape index (κ1) is 11.8. The van der Waals surface area contributed by atoms with Crippen molar-refractivity contribution >= 4 is 16.6 Å². The Kier molecular flexibility index (Phi) is 2.67. The lowest BCUT2D eigenvalue weighted by molar-refractivity contribution is 0.174. The normalized spacial score (nSPS) is 16.6. The van der Waals surface area contributed by atoms with E-state index in [9.17, 15) is 5.11 Å². The fourth-order valence-corrected chi connectivity index (χ4v) is 2.73. The number of benzene rings is 1. The van der Waals surface area contributed by atoms with Crippen LogP contribution >= 0.6 is 0 Å². The van der Waals surface area contributed by atoms with E-state index in [1.54, 1.807) is 0 Å². The van der Waals surface area contributed by atoms with E-state index in [4.69, 9.17) is 9.47 Å². The molecule has 2 heterocycles. The molecule has 0 atom stereocenters. The summed E-state index contributed by atoms with van der Waals surface area (Å²) >= 11 is 0. The fraction of sp³-hybridized carbons (Fsp3) is 0.400. The molecule has 2 aliphatic rings. The number of aliphatic hydroxyl groups excluding tert-OH is 1. The molecule has 1 saturated carbocycles. The van der Waals surface area contributed by atoms with Gasteiger partial charge in [-0.15, -0.1) is 0 Å². The summed E-state index contributed by atoms with van der Waals surface area (Å²) in [4.78, 5) is 6.73. The van der Waals surface area contributed by atoms with Crippen LogP contribution in [0, 0.1) is 0 Å². The number of ether oxygens (including phenoxy) is 2. The highest BCUT2D eigenvalue weighted by molar-refractivity contribution is 5.95. The van der Waals surface area contributed by atoms with Crippen molar-refractivity contribution in [1.82, 2.24) is 4.98 Å². The molecule has 1 aliphatic carbocycles. The Bertz CT molecular complexity index is 655. The van der Waals surface area contributed by atoms with E-state index in [1.165, 1.54) is 12.8 Å². The van der Waals surface area contributed by atoms with E-state index in [2.05, 4.69) is 9.88 Å². The fourth-order valence-electron chi connectivity index (χ4n) is 2.73. The van der Waals surface area contributed by atoms with Crippen LogP contribution < -0.4 is 14.4 Å². The molecule has 4 rings (SSSR count). The van der Waals surface area contributed by atoms with Gasteiger partial charge in [-0.25, -0.2) is 4.98 Å². The van der Waals surface area contributed by atoms with Gasteiger partial charge in [0.15, 0.2) is 11.5 Å². The third-order valence-corrected chi connectivity index (χ3v) is 3.84. The van der Waals surface area contributed by atoms with Crippen LogP contribution in [0.15, 0.2) is 24.4 Å². The second-order valence-electron chi connectivity index (χ2n) is 5.21. The summed E-state index contributed by atoms with van der Waals surface area (Å²) < 4.78 is 10.9. The average molecular weight is 272 g/mol. The Morgan fingerprint density at radius 3 is 2.80 bits per heavy atom. The van der Waals surface area contributed by atoms with E-state index in [0.29, 0.717) is 12.6 Å². The summed E-state index contributed by atoms with van der Waals surface area (Å²) in [6.45, 7) is 1.03. The molecule has 1 aromatic carbocycles. The highest BCUT2D eigenvalue weighted by atomic mass is 16.7. The summed E-state index contributed by atoms with van der Waals surface area (Å²) in [6.07, 6.45) is 4.15. The predicted octanol–water partition coefficient (Wildman–Crippen LogP) is 1.92. The van der Waals surface area contributed by atoms with E-state index >= 15 is 0 Å². The van der Waals surface area contributed by atoms with Crippen LogP contribution in [0.25, 0.3) is 10.8 Å². The van der Waals surface area contributed by atoms with Gasteiger partial charge in [0.05, 0.1) is 6.61 Å². The van der Waals surface area contributed by atoms with Crippen LogP contribution in [0.2, 0.25) is 0 Å². The van der Waals surface area contributed by atoms with E-state index in [1.807, 2.05) is 24.4 Å². The quantitative estimate of drug-likeness (QED) is 0.921. The summed E-state index contributed by atoms with van der Waals surface area (Å²) in [7, 11) is 0. The van der Waals surface area contributed by atoms with E-state index < -0.39 is 0 Å². The van der Waals surface area contributed by atoms with Gasteiger partial charge >= 0.3 is 0 Å². The number of pyridine rings is 1. The van der Waals surface area contributed by atoms with Gasteiger partial charge < -0.3 is 19.5 Å². The molecular formula is C15H16N2O3. The summed E-state index contributed by atoms with van der Waals surface area (Å²) in [6, 6.07) is 6.47. The number of rotatable bonds is 4. The van der Waals surface area contributed by atoms with Crippen molar-refractivity contribution in [3.63, 3.8) is 0 Å². The predicted molar refractivity (Wildman–Crippen MR) is 75.3 cm³/mol. The van der Waals surface area contributed by atoms with Gasteiger partial charge in [-0.05, 0) is 36.4 Å². The Morgan fingerprint density at radius 1 is 1.25 bits per heavy atom. The molecule has 104 valence electrons. The molecule has 1 N–H and O–H groups in total. The van der Waals surface area contributed by atoms with Crippen molar-refractivity contribution < 1.29 is 14.6 Å². The van der Waals surface area contributed by atoms with Crippen LogP contribution in [-0.4, -0.2) is 36.1 Å². The first-order valence-electron chi connectivity index (χ1n) is 6.92. The Labute approximate surface area is 116 Å². The molecule has 0 radical (unpaired) electrons. The molecular weight excluding hydrogens is 256 g/mol. The number of aromatic nitrogens is 1. The van der Waals surface area contributed by atoms with Crippen molar-refractivity contribution in [3.05, 3.63) is 24.4 Å². The van der Waals surface area contributed by atoms with Crippen molar-refractivity contribution in [2.75, 3.05) is 24.8 Å². The molecule has 0 amide bonds.